The van der Waals surface area contributed by atoms with Crippen LogP contribution in [0.15, 0.2) is 133 Å². The Labute approximate surface area is 308 Å². The molecule has 53 heavy (non-hydrogen) atoms. The zero-order valence-corrected chi connectivity index (χ0v) is 30.7. The van der Waals surface area contributed by atoms with Gasteiger partial charge in [0, 0.05) is 33.5 Å². The van der Waals surface area contributed by atoms with Crippen molar-refractivity contribution in [1.29, 1.82) is 0 Å². The van der Waals surface area contributed by atoms with Gasteiger partial charge in [-0.25, -0.2) is 23.7 Å². The summed E-state index contributed by atoms with van der Waals surface area (Å²) in [4.78, 5) is 15.2. The molecule has 0 aliphatic carbocycles. The molecule has 0 atom stereocenters. The molecule has 0 spiro atoms. The minimum atomic E-state index is -0.643. The van der Waals surface area contributed by atoms with Crippen molar-refractivity contribution in [3.05, 3.63) is 156 Å². The summed E-state index contributed by atoms with van der Waals surface area (Å²) in [5.41, 5.74) is 8.73. The second-order valence-electron chi connectivity index (χ2n) is 15.7. The summed E-state index contributed by atoms with van der Waals surface area (Å²) in [5.74, 6) is 0.202. The smallest absolute Gasteiger partial charge is 0.166 e. The summed E-state index contributed by atoms with van der Waals surface area (Å²) in [7, 11) is 0. The Hall–Kier alpha value is -6.01. The van der Waals surface area contributed by atoms with Crippen LogP contribution in [-0.2, 0) is 10.8 Å². The van der Waals surface area contributed by atoms with E-state index in [1.165, 1.54) is 23.3 Å². The molecule has 0 radical (unpaired) electrons. The molecular formula is C47H40F2N4. The van der Waals surface area contributed by atoms with E-state index in [4.69, 9.17) is 15.0 Å². The Kier molecular flexibility index (Phi) is 8.29. The lowest BCUT2D eigenvalue weighted by molar-refractivity contribution is 0.584. The van der Waals surface area contributed by atoms with Gasteiger partial charge in [-0.15, -0.1) is 0 Å². The van der Waals surface area contributed by atoms with Crippen LogP contribution in [0.4, 0.5) is 8.78 Å². The van der Waals surface area contributed by atoms with Gasteiger partial charge in [0.25, 0.3) is 0 Å². The first-order valence-electron chi connectivity index (χ1n) is 17.9. The zero-order chi connectivity index (χ0) is 37.1. The molecule has 0 saturated heterocycles. The van der Waals surface area contributed by atoms with Crippen LogP contribution in [0.1, 0.15) is 52.7 Å². The summed E-state index contributed by atoms with van der Waals surface area (Å²) in [6.45, 7) is 13.4. The molecular weight excluding hydrogens is 659 g/mol. The Bertz CT molecular complexity index is 2500. The molecule has 6 heteroatoms. The summed E-state index contributed by atoms with van der Waals surface area (Å²) in [6.07, 6.45) is 0. The van der Waals surface area contributed by atoms with Crippen LogP contribution in [0, 0.1) is 11.6 Å². The van der Waals surface area contributed by atoms with E-state index in [0.29, 0.717) is 34.2 Å². The third-order valence-corrected chi connectivity index (χ3v) is 9.87. The van der Waals surface area contributed by atoms with Crippen LogP contribution >= 0.6 is 0 Å². The highest BCUT2D eigenvalue weighted by molar-refractivity contribution is 6.10. The lowest BCUT2D eigenvalue weighted by Gasteiger charge is -2.19. The summed E-state index contributed by atoms with van der Waals surface area (Å²) >= 11 is 0. The molecule has 0 aliphatic rings. The van der Waals surface area contributed by atoms with Gasteiger partial charge in [-0.3, -0.25) is 0 Å². The van der Waals surface area contributed by atoms with E-state index in [1.54, 1.807) is 0 Å². The van der Waals surface area contributed by atoms with Gasteiger partial charge in [0.15, 0.2) is 17.5 Å². The van der Waals surface area contributed by atoms with E-state index < -0.39 is 11.6 Å². The number of benzene rings is 6. The number of hydrogen-bond donors (Lipinski definition) is 0. The van der Waals surface area contributed by atoms with Crippen LogP contribution in [-0.4, -0.2) is 19.5 Å². The molecule has 8 rings (SSSR count). The Morgan fingerprint density at radius 3 is 1.38 bits per heavy atom. The van der Waals surface area contributed by atoms with Crippen molar-refractivity contribution < 1.29 is 8.78 Å². The van der Waals surface area contributed by atoms with E-state index in [-0.39, 0.29) is 10.8 Å². The molecule has 0 fully saturated rings. The minimum Gasteiger partial charge on any atom is -0.309 e. The van der Waals surface area contributed by atoms with Gasteiger partial charge < -0.3 is 4.57 Å². The second kappa shape index (κ2) is 12.9. The number of rotatable bonds is 5. The van der Waals surface area contributed by atoms with Crippen LogP contribution in [0.5, 0.6) is 0 Å². The maximum Gasteiger partial charge on any atom is 0.166 e. The predicted molar refractivity (Wildman–Crippen MR) is 213 cm³/mol. The van der Waals surface area contributed by atoms with E-state index in [2.05, 4.69) is 82.5 Å². The third kappa shape index (κ3) is 6.50. The highest BCUT2D eigenvalue weighted by atomic mass is 19.1. The molecule has 6 aromatic carbocycles. The molecule has 0 aliphatic heterocycles. The zero-order valence-electron chi connectivity index (χ0n) is 30.7. The Balaban J connectivity index is 1.47. The monoisotopic (exact) mass is 698 g/mol. The molecule has 0 unspecified atom stereocenters. The molecule has 0 N–H and O–H groups in total. The van der Waals surface area contributed by atoms with Gasteiger partial charge >= 0.3 is 0 Å². The summed E-state index contributed by atoms with van der Waals surface area (Å²) in [6, 6.07) is 42.6. The quantitative estimate of drug-likeness (QED) is 0.180. The number of halogens is 2. The van der Waals surface area contributed by atoms with E-state index in [9.17, 15) is 8.78 Å². The van der Waals surface area contributed by atoms with Gasteiger partial charge in [0.05, 0.1) is 16.7 Å². The Morgan fingerprint density at radius 2 is 0.906 bits per heavy atom. The largest absolute Gasteiger partial charge is 0.309 e. The van der Waals surface area contributed by atoms with Gasteiger partial charge in [-0.05, 0) is 81.6 Å². The van der Waals surface area contributed by atoms with Crippen molar-refractivity contribution in [3.8, 4) is 51.0 Å². The first-order chi connectivity index (χ1) is 25.3. The van der Waals surface area contributed by atoms with Crippen molar-refractivity contribution in [2.75, 3.05) is 0 Å². The van der Waals surface area contributed by atoms with Crippen molar-refractivity contribution >= 4 is 21.8 Å². The topological polar surface area (TPSA) is 43.6 Å². The maximum absolute atomic E-state index is 14.6. The lowest BCUT2D eigenvalue weighted by Crippen LogP contribution is -2.10. The molecule has 0 saturated carbocycles. The molecule has 0 amide bonds. The average molecular weight is 699 g/mol. The predicted octanol–water partition coefficient (Wildman–Crippen LogP) is 12.5. The third-order valence-electron chi connectivity index (χ3n) is 9.87. The molecule has 0 bridgehead atoms. The van der Waals surface area contributed by atoms with E-state index in [1.807, 2.05) is 78.9 Å². The molecule has 4 nitrogen and oxygen atoms in total. The Morgan fingerprint density at radius 1 is 0.434 bits per heavy atom. The highest BCUT2D eigenvalue weighted by Gasteiger charge is 2.24. The number of fused-ring (bicyclic) bond motifs is 3. The second-order valence-corrected chi connectivity index (χ2v) is 15.7. The van der Waals surface area contributed by atoms with Crippen LogP contribution in [0.2, 0.25) is 0 Å². The number of aromatic nitrogens is 4. The number of hydrogen-bond acceptors (Lipinski definition) is 3. The van der Waals surface area contributed by atoms with Crippen LogP contribution in [0.3, 0.4) is 0 Å². The van der Waals surface area contributed by atoms with Crippen LogP contribution in [0.25, 0.3) is 72.8 Å². The average Bonchev–Trinajstić information content (AvgIpc) is 3.47. The SMILES string of the molecule is CC(C)(C)c1ccc2c(c1)c1cc(C(C)(C)C)ccc1n2-c1ccc(-c2cc(F)cc(F)c2)cc1-c1nc(-c2ccccc2)nc(-c2ccccc2)n1. The van der Waals surface area contributed by atoms with Crippen molar-refractivity contribution in [2.24, 2.45) is 0 Å². The van der Waals surface area contributed by atoms with Gasteiger partial charge in [0.2, 0.25) is 0 Å². The fourth-order valence-electron chi connectivity index (χ4n) is 6.96. The fraction of sp³-hybridized carbons (Fsp3) is 0.170. The van der Waals surface area contributed by atoms with Crippen molar-refractivity contribution in [3.63, 3.8) is 0 Å². The maximum atomic E-state index is 14.6. The first kappa shape index (κ1) is 34.1. The number of nitrogens with zero attached hydrogens (tertiary/aromatic N) is 4. The van der Waals surface area contributed by atoms with Crippen molar-refractivity contribution in [2.45, 2.75) is 52.4 Å². The summed E-state index contributed by atoms with van der Waals surface area (Å²) < 4.78 is 31.5. The standard InChI is InChI=1S/C47H40F2N4/c1-46(2,3)33-18-21-40-37(26-33)38-27-34(47(4,5)6)19-22-41(38)53(40)42-20-17-31(32-23-35(48)28-36(49)24-32)25-39(42)45-51-43(29-13-9-7-10-14-29)50-44(52-45)30-15-11-8-12-16-30/h7-28H,1-6H3. The molecule has 2 heterocycles. The van der Waals surface area contributed by atoms with E-state index in [0.717, 1.165) is 44.7 Å². The first-order valence-corrected chi connectivity index (χ1v) is 17.9. The lowest BCUT2D eigenvalue weighted by atomic mass is 9.85. The molecule has 262 valence electrons. The molecule has 8 aromatic rings. The normalized spacial score (nSPS) is 12.2. The van der Waals surface area contributed by atoms with E-state index >= 15 is 0 Å². The van der Waals surface area contributed by atoms with Crippen molar-refractivity contribution in [1.82, 2.24) is 19.5 Å². The highest BCUT2D eigenvalue weighted by Crippen LogP contribution is 2.41. The van der Waals surface area contributed by atoms with Crippen LogP contribution < -0.4 is 0 Å². The fourth-order valence-corrected chi connectivity index (χ4v) is 6.96. The molecule has 2 aromatic heterocycles. The summed E-state index contributed by atoms with van der Waals surface area (Å²) in [5, 5.41) is 2.29. The van der Waals surface area contributed by atoms with Gasteiger partial charge in [0.1, 0.15) is 11.6 Å². The van der Waals surface area contributed by atoms with Gasteiger partial charge in [-0.1, -0.05) is 120 Å². The van der Waals surface area contributed by atoms with Gasteiger partial charge in [-0.2, -0.15) is 0 Å². The minimum absolute atomic E-state index is 0.0517.